The van der Waals surface area contributed by atoms with E-state index in [2.05, 4.69) is 12.6 Å². The predicted molar refractivity (Wildman–Crippen MR) is 94.3 cm³/mol. The SMILES string of the molecule is Cc1ccc(CN(C[C@H](O)[C@@H](O)[C@H](O)[C@H](O)CO)C(=S)S)cc1. The van der Waals surface area contributed by atoms with E-state index >= 15 is 0 Å². The predicted octanol–water partition coefficient (Wildman–Crippen LogP) is -0.552. The first kappa shape index (κ1) is 20.3. The first-order chi connectivity index (χ1) is 10.8. The molecule has 4 atom stereocenters. The zero-order chi connectivity index (χ0) is 17.6. The van der Waals surface area contributed by atoms with E-state index in [1.54, 1.807) is 4.90 Å². The molecule has 0 aliphatic rings. The number of thiocarbonyl (C=S) groups is 1. The Morgan fingerprint density at radius 3 is 2.09 bits per heavy atom. The standard InChI is InChI=1S/C15H23NO5S2/c1-9-2-4-10(5-3-9)6-16(15(22)23)7-11(18)13(20)14(21)12(19)8-17/h2-5,11-14,17-21H,6-8H2,1H3,(H,22,23)/t11-,12+,13+,14+/m0/s1. The van der Waals surface area contributed by atoms with Crippen LogP contribution in [0.2, 0.25) is 0 Å². The Morgan fingerprint density at radius 2 is 1.61 bits per heavy atom. The second-order valence-corrected chi connectivity index (χ2v) is 6.56. The molecule has 0 radical (unpaired) electrons. The number of nitrogens with zero attached hydrogens (tertiary/aromatic N) is 1. The summed E-state index contributed by atoms with van der Waals surface area (Å²) < 4.78 is 0.231. The van der Waals surface area contributed by atoms with Gasteiger partial charge in [0, 0.05) is 13.1 Å². The highest BCUT2D eigenvalue weighted by molar-refractivity contribution is 8.10. The Labute approximate surface area is 146 Å². The van der Waals surface area contributed by atoms with Crippen LogP contribution in [0.5, 0.6) is 0 Å². The molecule has 0 fully saturated rings. The van der Waals surface area contributed by atoms with Gasteiger partial charge in [-0.25, -0.2) is 0 Å². The van der Waals surface area contributed by atoms with Crippen LogP contribution in [0.4, 0.5) is 0 Å². The van der Waals surface area contributed by atoms with Crippen molar-refractivity contribution in [2.75, 3.05) is 13.2 Å². The average molecular weight is 361 g/mol. The molecule has 1 aromatic rings. The fraction of sp³-hybridized carbons (Fsp3) is 0.533. The van der Waals surface area contributed by atoms with Crippen LogP contribution in [0.3, 0.4) is 0 Å². The molecule has 0 aromatic heterocycles. The number of hydrogen-bond donors (Lipinski definition) is 6. The molecular formula is C15H23NO5S2. The number of rotatable bonds is 8. The average Bonchev–Trinajstić information content (AvgIpc) is 2.53. The summed E-state index contributed by atoms with van der Waals surface area (Å²) in [7, 11) is 0. The van der Waals surface area contributed by atoms with Crippen LogP contribution >= 0.6 is 24.8 Å². The number of aryl methyl sites for hydroxylation is 1. The molecule has 0 amide bonds. The molecule has 0 bridgehead atoms. The lowest BCUT2D eigenvalue weighted by molar-refractivity contribution is -0.117. The van der Waals surface area contributed by atoms with Crippen molar-refractivity contribution < 1.29 is 25.5 Å². The van der Waals surface area contributed by atoms with Crippen molar-refractivity contribution in [2.24, 2.45) is 0 Å². The van der Waals surface area contributed by atoms with E-state index in [1.807, 2.05) is 31.2 Å². The Kier molecular flexibility index (Phi) is 8.41. The van der Waals surface area contributed by atoms with Gasteiger partial charge in [0.1, 0.15) is 28.7 Å². The summed E-state index contributed by atoms with van der Waals surface area (Å²) in [6.07, 6.45) is -6.19. The van der Waals surface area contributed by atoms with Crippen molar-refractivity contribution in [3.63, 3.8) is 0 Å². The summed E-state index contributed by atoms with van der Waals surface area (Å²) in [4.78, 5) is 1.56. The largest absolute Gasteiger partial charge is 0.394 e. The fourth-order valence-corrected chi connectivity index (χ4v) is 2.31. The van der Waals surface area contributed by atoms with Crippen molar-refractivity contribution >= 4 is 29.2 Å². The van der Waals surface area contributed by atoms with Crippen LogP contribution in [0.1, 0.15) is 11.1 Å². The second kappa shape index (κ2) is 9.53. The molecule has 1 aromatic carbocycles. The van der Waals surface area contributed by atoms with E-state index in [-0.39, 0.29) is 10.9 Å². The van der Waals surface area contributed by atoms with Gasteiger partial charge < -0.3 is 30.4 Å². The third-order valence-corrected chi connectivity index (χ3v) is 4.04. The van der Waals surface area contributed by atoms with Crippen LogP contribution in [-0.2, 0) is 6.54 Å². The maximum atomic E-state index is 10.0. The van der Waals surface area contributed by atoms with Gasteiger partial charge in [0.05, 0.1) is 6.61 Å². The molecule has 0 saturated heterocycles. The van der Waals surface area contributed by atoms with Crippen molar-refractivity contribution in [1.82, 2.24) is 4.90 Å². The maximum absolute atomic E-state index is 10.0. The van der Waals surface area contributed by atoms with E-state index in [9.17, 15) is 20.4 Å². The number of aliphatic hydroxyl groups is 5. The number of benzene rings is 1. The van der Waals surface area contributed by atoms with Gasteiger partial charge in [0.15, 0.2) is 0 Å². The molecule has 0 saturated carbocycles. The van der Waals surface area contributed by atoms with E-state index in [0.717, 1.165) is 11.1 Å². The monoisotopic (exact) mass is 361 g/mol. The molecule has 6 nitrogen and oxygen atoms in total. The third kappa shape index (κ3) is 6.34. The summed E-state index contributed by atoms with van der Waals surface area (Å²) in [6, 6.07) is 7.73. The molecule has 0 spiro atoms. The van der Waals surface area contributed by atoms with Crippen LogP contribution in [0, 0.1) is 6.92 Å². The molecule has 130 valence electrons. The Bertz CT molecular complexity index is 499. The molecule has 5 N–H and O–H groups in total. The Morgan fingerprint density at radius 1 is 1.09 bits per heavy atom. The van der Waals surface area contributed by atoms with Gasteiger partial charge in [0.25, 0.3) is 0 Å². The van der Waals surface area contributed by atoms with Gasteiger partial charge in [-0.3, -0.25) is 0 Å². The molecular weight excluding hydrogens is 338 g/mol. The van der Waals surface area contributed by atoms with E-state index in [1.165, 1.54) is 0 Å². The van der Waals surface area contributed by atoms with Gasteiger partial charge in [-0.1, -0.05) is 42.0 Å². The highest BCUT2D eigenvalue weighted by atomic mass is 32.1. The molecule has 1 rings (SSSR count). The van der Waals surface area contributed by atoms with Gasteiger partial charge in [-0.05, 0) is 12.5 Å². The lowest BCUT2D eigenvalue weighted by atomic mass is 10.0. The number of thiol groups is 1. The van der Waals surface area contributed by atoms with Crippen LogP contribution < -0.4 is 0 Å². The molecule has 0 heterocycles. The smallest absolute Gasteiger partial charge is 0.133 e. The summed E-state index contributed by atoms with van der Waals surface area (Å²) >= 11 is 9.14. The van der Waals surface area contributed by atoms with Crippen molar-refractivity contribution in [3.8, 4) is 0 Å². The first-order valence-electron chi connectivity index (χ1n) is 7.12. The van der Waals surface area contributed by atoms with Gasteiger partial charge >= 0.3 is 0 Å². The number of aliphatic hydroxyl groups excluding tert-OH is 5. The van der Waals surface area contributed by atoms with Crippen molar-refractivity contribution in [1.29, 1.82) is 0 Å². The third-order valence-electron chi connectivity index (χ3n) is 3.50. The van der Waals surface area contributed by atoms with Crippen molar-refractivity contribution in [2.45, 2.75) is 37.9 Å². The van der Waals surface area contributed by atoms with Gasteiger partial charge in [0.2, 0.25) is 0 Å². The summed E-state index contributed by atoms with van der Waals surface area (Å²) in [5.74, 6) is 0. The van der Waals surface area contributed by atoms with E-state index < -0.39 is 31.0 Å². The Hall–Kier alpha value is -0.740. The van der Waals surface area contributed by atoms with E-state index in [0.29, 0.717) is 6.54 Å². The molecule has 0 aliphatic carbocycles. The minimum absolute atomic E-state index is 0.0768. The van der Waals surface area contributed by atoms with Crippen LogP contribution in [0.25, 0.3) is 0 Å². The Balaban J connectivity index is 2.71. The quantitative estimate of drug-likeness (QED) is 0.273. The molecule has 0 aliphatic heterocycles. The van der Waals surface area contributed by atoms with Crippen molar-refractivity contribution in [3.05, 3.63) is 35.4 Å². The highest BCUT2D eigenvalue weighted by Crippen LogP contribution is 2.13. The highest BCUT2D eigenvalue weighted by Gasteiger charge is 2.31. The maximum Gasteiger partial charge on any atom is 0.133 e. The van der Waals surface area contributed by atoms with Gasteiger partial charge in [-0.15, -0.1) is 12.6 Å². The fourth-order valence-electron chi connectivity index (χ4n) is 2.02. The first-order valence-corrected chi connectivity index (χ1v) is 7.98. The minimum Gasteiger partial charge on any atom is -0.394 e. The summed E-state index contributed by atoms with van der Waals surface area (Å²) in [5, 5.41) is 47.6. The van der Waals surface area contributed by atoms with Crippen LogP contribution in [-0.4, -0.2) is 72.3 Å². The van der Waals surface area contributed by atoms with Gasteiger partial charge in [-0.2, -0.15) is 0 Å². The topological polar surface area (TPSA) is 104 Å². The lowest BCUT2D eigenvalue weighted by Gasteiger charge is -2.30. The normalized spacial score (nSPS) is 16.5. The van der Waals surface area contributed by atoms with Crippen LogP contribution in [0.15, 0.2) is 24.3 Å². The molecule has 0 unspecified atom stereocenters. The lowest BCUT2D eigenvalue weighted by Crippen LogP contribution is -2.49. The van der Waals surface area contributed by atoms with E-state index in [4.69, 9.17) is 17.3 Å². The summed E-state index contributed by atoms with van der Waals surface area (Å²) in [6.45, 7) is 1.55. The zero-order valence-corrected chi connectivity index (χ0v) is 14.5. The summed E-state index contributed by atoms with van der Waals surface area (Å²) in [5.41, 5.74) is 2.06. The second-order valence-electron chi connectivity index (χ2n) is 5.45. The molecule has 8 heteroatoms. The molecule has 23 heavy (non-hydrogen) atoms. The zero-order valence-electron chi connectivity index (χ0n) is 12.8. The minimum atomic E-state index is -1.66. The number of hydrogen-bond acceptors (Lipinski definition) is 6.